The molecule has 0 unspecified atom stereocenters. The van der Waals surface area contributed by atoms with Gasteiger partial charge >= 0.3 is 0 Å². The van der Waals surface area contributed by atoms with Gasteiger partial charge in [0.2, 0.25) is 5.91 Å². The van der Waals surface area contributed by atoms with Crippen molar-refractivity contribution < 1.29 is 4.79 Å². The van der Waals surface area contributed by atoms with Crippen molar-refractivity contribution in [1.29, 1.82) is 0 Å². The van der Waals surface area contributed by atoms with Crippen molar-refractivity contribution in [2.24, 2.45) is 0 Å². The van der Waals surface area contributed by atoms with Gasteiger partial charge in [-0.2, -0.15) is 0 Å². The SMILES string of the molecule is CSc1ccc(CC(=O)N(Cc2ccncc2)c2nc3c(C)c(C)ccc3s2)cc1. The number of carbonyl (C=O) groups excluding carboxylic acids is 1. The van der Waals surface area contributed by atoms with Gasteiger partial charge < -0.3 is 0 Å². The van der Waals surface area contributed by atoms with Gasteiger partial charge in [0, 0.05) is 17.3 Å². The summed E-state index contributed by atoms with van der Waals surface area (Å²) in [4.78, 5) is 25.3. The Kier molecular flexibility index (Phi) is 6.16. The highest BCUT2D eigenvalue weighted by Crippen LogP contribution is 2.33. The minimum absolute atomic E-state index is 0.0390. The van der Waals surface area contributed by atoms with Gasteiger partial charge in [-0.1, -0.05) is 29.5 Å². The summed E-state index contributed by atoms with van der Waals surface area (Å²) in [5, 5.41) is 0.737. The van der Waals surface area contributed by atoms with Crippen LogP contribution in [0.5, 0.6) is 0 Å². The number of hydrogen-bond acceptors (Lipinski definition) is 5. The number of fused-ring (bicyclic) bond motifs is 1. The van der Waals surface area contributed by atoms with E-state index in [4.69, 9.17) is 4.98 Å². The van der Waals surface area contributed by atoms with E-state index in [2.05, 4.69) is 43.1 Å². The number of carbonyl (C=O) groups is 1. The van der Waals surface area contributed by atoms with Crippen LogP contribution in [0, 0.1) is 13.8 Å². The van der Waals surface area contributed by atoms with E-state index in [0.29, 0.717) is 13.0 Å². The summed E-state index contributed by atoms with van der Waals surface area (Å²) in [6.07, 6.45) is 5.90. The average Bonchev–Trinajstić information content (AvgIpc) is 3.20. The van der Waals surface area contributed by atoms with Crippen LogP contribution in [0.1, 0.15) is 22.3 Å². The van der Waals surface area contributed by atoms with Gasteiger partial charge in [0.25, 0.3) is 0 Å². The number of aryl methyl sites for hydroxylation is 2. The fourth-order valence-electron chi connectivity index (χ4n) is 3.28. The van der Waals surface area contributed by atoms with Gasteiger partial charge in [0.1, 0.15) is 0 Å². The summed E-state index contributed by atoms with van der Waals surface area (Å²) in [6.45, 7) is 4.65. The van der Waals surface area contributed by atoms with Crippen LogP contribution in [0.2, 0.25) is 0 Å². The summed E-state index contributed by atoms with van der Waals surface area (Å²) < 4.78 is 1.10. The lowest BCUT2D eigenvalue weighted by Gasteiger charge is -2.20. The second-order valence-electron chi connectivity index (χ2n) is 7.21. The van der Waals surface area contributed by atoms with Gasteiger partial charge in [-0.05, 0) is 72.7 Å². The Bertz CT molecular complexity index is 1170. The van der Waals surface area contributed by atoms with Gasteiger partial charge in [0.15, 0.2) is 5.13 Å². The number of rotatable bonds is 6. The smallest absolute Gasteiger partial charge is 0.233 e. The van der Waals surface area contributed by atoms with Crippen molar-refractivity contribution >= 4 is 44.4 Å². The summed E-state index contributed by atoms with van der Waals surface area (Å²) in [5.41, 5.74) is 5.39. The van der Waals surface area contributed by atoms with E-state index >= 15 is 0 Å². The van der Waals surface area contributed by atoms with Crippen molar-refractivity contribution in [1.82, 2.24) is 9.97 Å². The zero-order chi connectivity index (χ0) is 21.1. The van der Waals surface area contributed by atoms with Crippen LogP contribution < -0.4 is 4.90 Å². The number of hydrogen-bond donors (Lipinski definition) is 0. The van der Waals surface area contributed by atoms with Crippen molar-refractivity contribution in [2.45, 2.75) is 31.7 Å². The molecule has 2 aromatic carbocycles. The number of pyridine rings is 1. The lowest BCUT2D eigenvalue weighted by Crippen LogP contribution is -2.31. The zero-order valence-electron chi connectivity index (χ0n) is 17.3. The standard InChI is InChI=1S/C24H23N3OS2/c1-16-4-9-21-23(17(16)2)26-24(30-21)27(15-19-10-12-25-13-11-19)22(28)14-18-5-7-20(29-3)8-6-18/h4-13H,14-15H2,1-3H3. The molecule has 2 heterocycles. The van der Waals surface area contributed by atoms with Crippen LogP contribution in [0.15, 0.2) is 65.8 Å². The molecule has 4 aromatic rings. The van der Waals surface area contributed by atoms with E-state index in [1.54, 1.807) is 40.4 Å². The Labute approximate surface area is 185 Å². The number of nitrogens with zero attached hydrogens (tertiary/aromatic N) is 3. The fourth-order valence-corrected chi connectivity index (χ4v) is 4.73. The van der Waals surface area contributed by atoms with Crippen molar-refractivity contribution in [3.63, 3.8) is 0 Å². The molecular formula is C24H23N3OS2. The van der Waals surface area contributed by atoms with Gasteiger partial charge in [-0.3, -0.25) is 14.7 Å². The van der Waals surface area contributed by atoms with Gasteiger partial charge in [-0.15, -0.1) is 11.8 Å². The molecule has 0 saturated carbocycles. The number of thiazole rings is 1. The van der Waals surface area contributed by atoms with E-state index in [1.807, 2.05) is 30.5 Å². The molecule has 1 amide bonds. The minimum Gasteiger partial charge on any atom is -0.283 e. The number of aromatic nitrogens is 2. The molecule has 4 rings (SSSR count). The summed E-state index contributed by atoms with van der Waals surface area (Å²) >= 11 is 3.26. The lowest BCUT2D eigenvalue weighted by molar-refractivity contribution is -0.118. The van der Waals surface area contributed by atoms with Crippen molar-refractivity contribution in [3.05, 3.63) is 83.2 Å². The third kappa shape index (κ3) is 4.40. The average molecular weight is 434 g/mol. The van der Waals surface area contributed by atoms with Crippen LogP contribution in [-0.2, 0) is 17.8 Å². The largest absolute Gasteiger partial charge is 0.283 e. The molecule has 0 spiro atoms. The Morgan fingerprint density at radius 2 is 1.73 bits per heavy atom. The molecule has 0 aliphatic rings. The van der Waals surface area contributed by atoms with Gasteiger partial charge in [0.05, 0.1) is 23.2 Å². The number of amides is 1. The number of anilines is 1. The van der Waals surface area contributed by atoms with E-state index in [9.17, 15) is 4.79 Å². The van der Waals surface area contributed by atoms with E-state index in [0.717, 1.165) is 26.5 Å². The molecule has 0 aliphatic carbocycles. The molecule has 2 aromatic heterocycles. The first-order valence-electron chi connectivity index (χ1n) is 9.74. The van der Waals surface area contributed by atoms with Crippen molar-refractivity contribution in [3.8, 4) is 0 Å². The highest BCUT2D eigenvalue weighted by Gasteiger charge is 2.21. The van der Waals surface area contributed by atoms with Crippen molar-refractivity contribution in [2.75, 3.05) is 11.2 Å². The quantitative estimate of drug-likeness (QED) is 0.360. The first-order chi connectivity index (χ1) is 14.5. The summed E-state index contributed by atoms with van der Waals surface area (Å²) in [6, 6.07) is 16.3. The molecule has 0 bridgehead atoms. The highest BCUT2D eigenvalue weighted by molar-refractivity contribution is 7.98. The fraction of sp³-hybridized carbons (Fsp3) is 0.208. The normalized spacial score (nSPS) is 11.0. The van der Waals surface area contributed by atoms with E-state index in [-0.39, 0.29) is 5.91 Å². The number of thioether (sulfide) groups is 1. The second-order valence-corrected chi connectivity index (χ2v) is 9.10. The Balaban J connectivity index is 1.68. The molecule has 152 valence electrons. The lowest BCUT2D eigenvalue weighted by atomic mass is 10.1. The molecule has 30 heavy (non-hydrogen) atoms. The summed E-state index contributed by atoms with van der Waals surface area (Å²) in [7, 11) is 0. The zero-order valence-corrected chi connectivity index (χ0v) is 18.9. The third-order valence-corrected chi connectivity index (χ3v) is 7.00. The van der Waals surface area contributed by atoms with Crippen LogP contribution in [-0.4, -0.2) is 22.1 Å². The molecule has 4 nitrogen and oxygen atoms in total. The topological polar surface area (TPSA) is 46.1 Å². The monoisotopic (exact) mass is 433 g/mol. The Morgan fingerprint density at radius 1 is 1.00 bits per heavy atom. The molecule has 0 radical (unpaired) electrons. The third-order valence-electron chi connectivity index (χ3n) is 5.21. The Hall–Kier alpha value is -2.70. The maximum absolute atomic E-state index is 13.4. The predicted octanol–water partition coefficient (Wildman–Crippen LogP) is 5.81. The molecule has 0 fully saturated rings. The molecule has 0 saturated heterocycles. The molecule has 6 heteroatoms. The molecular weight excluding hydrogens is 410 g/mol. The maximum atomic E-state index is 13.4. The van der Waals surface area contributed by atoms with E-state index in [1.165, 1.54) is 16.0 Å². The van der Waals surface area contributed by atoms with Crippen LogP contribution in [0.4, 0.5) is 5.13 Å². The second kappa shape index (κ2) is 8.98. The Morgan fingerprint density at radius 3 is 2.43 bits per heavy atom. The van der Waals surface area contributed by atoms with Crippen LogP contribution >= 0.6 is 23.1 Å². The van der Waals surface area contributed by atoms with Crippen LogP contribution in [0.25, 0.3) is 10.2 Å². The van der Waals surface area contributed by atoms with Crippen LogP contribution in [0.3, 0.4) is 0 Å². The predicted molar refractivity (Wildman–Crippen MR) is 126 cm³/mol. The molecule has 0 N–H and O–H groups in total. The molecule has 0 atom stereocenters. The first kappa shape index (κ1) is 20.6. The highest BCUT2D eigenvalue weighted by atomic mass is 32.2. The van der Waals surface area contributed by atoms with Gasteiger partial charge in [-0.25, -0.2) is 4.98 Å². The first-order valence-corrected chi connectivity index (χ1v) is 11.8. The maximum Gasteiger partial charge on any atom is 0.233 e. The number of benzene rings is 2. The molecule has 0 aliphatic heterocycles. The minimum atomic E-state index is 0.0390. The summed E-state index contributed by atoms with van der Waals surface area (Å²) in [5.74, 6) is 0.0390. The van der Waals surface area contributed by atoms with E-state index < -0.39 is 0 Å².